The smallest absolute Gasteiger partial charge is 0.166 e. The summed E-state index contributed by atoms with van der Waals surface area (Å²) in [5, 5.41) is 8.27. The van der Waals surface area contributed by atoms with Crippen molar-refractivity contribution in [1.82, 2.24) is 20.1 Å². The fraction of sp³-hybridized carbons (Fsp3) is 0.333. The van der Waals surface area contributed by atoms with Crippen molar-refractivity contribution in [3.05, 3.63) is 58.2 Å². The summed E-state index contributed by atoms with van der Waals surface area (Å²) in [4.78, 5) is 4.26. The van der Waals surface area contributed by atoms with Crippen LogP contribution in [0.4, 0.5) is 10.2 Å². The summed E-state index contributed by atoms with van der Waals surface area (Å²) in [6, 6.07) is 4.61. The number of rotatable bonds is 5. The van der Waals surface area contributed by atoms with Crippen molar-refractivity contribution >= 4 is 29.0 Å². The lowest BCUT2D eigenvalue weighted by Gasteiger charge is -2.22. The topological polar surface area (TPSA) is 78.0 Å². The van der Waals surface area contributed by atoms with E-state index in [1.165, 1.54) is 12.1 Å². The van der Waals surface area contributed by atoms with Crippen molar-refractivity contribution in [2.24, 2.45) is 0 Å². The third kappa shape index (κ3) is 4.38. The molecule has 9 heteroatoms. The second-order valence-corrected chi connectivity index (χ2v) is 8.16. The Balaban J connectivity index is 1.57. The zero-order chi connectivity index (χ0) is 21.3. The van der Waals surface area contributed by atoms with Crippen molar-refractivity contribution in [3.63, 3.8) is 0 Å². The van der Waals surface area contributed by atoms with Gasteiger partial charge in [-0.3, -0.25) is 4.68 Å². The Kier molecular flexibility index (Phi) is 6.13. The number of hydrogen-bond donors (Lipinski definition) is 2. The highest BCUT2D eigenvalue weighted by Gasteiger charge is 2.20. The van der Waals surface area contributed by atoms with Gasteiger partial charge in [-0.15, -0.1) is 0 Å². The van der Waals surface area contributed by atoms with Crippen LogP contribution in [-0.2, 0) is 0 Å². The van der Waals surface area contributed by atoms with Crippen LogP contribution in [0, 0.1) is 5.82 Å². The second kappa shape index (κ2) is 8.79. The molecule has 0 aliphatic carbocycles. The third-order valence-electron chi connectivity index (χ3n) is 5.25. The van der Waals surface area contributed by atoms with E-state index in [9.17, 15) is 4.39 Å². The lowest BCUT2D eigenvalue weighted by molar-refractivity contribution is 0.228. The minimum Gasteiger partial charge on any atom is -0.482 e. The van der Waals surface area contributed by atoms with Crippen LogP contribution in [0.25, 0.3) is 11.1 Å². The Morgan fingerprint density at radius 3 is 2.57 bits per heavy atom. The first-order chi connectivity index (χ1) is 14.4. The van der Waals surface area contributed by atoms with Crippen LogP contribution in [0.2, 0.25) is 10.0 Å². The predicted molar refractivity (Wildman–Crippen MR) is 116 cm³/mol. The number of anilines is 1. The summed E-state index contributed by atoms with van der Waals surface area (Å²) >= 11 is 12.3. The molecule has 158 valence electrons. The van der Waals surface area contributed by atoms with Gasteiger partial charge in [0.15, 0.2) is 11.6 Å². The van der Waals surface area contributed by atoms with Crippen LogP contribution < -0.4 is 15.8 Å². The van der Waals surface area contributed by atoms with Gasteiger partial charge in [0.25, 0.3) is 0 Å². The first-order valence-electron chi connectivity index (χ1n) is 9.74. The molecule has 1 aliphatic rings. The first kappa shape index (κ1) is 20.9. The second-order valence-electron chi connectivity index (χ2n) is 7.34. The number of halogens is 3. The van der Waals surface area contributed by atoms with Crippen LogP contribution in [0.3, 0.4) is 0 Å². The maximum atomic E-state index is 13.5. The summed E-state index contributed by atoms with van der Waals surface area (Å²) in [5.41, 5.74) is 8.28. The Hall–Kier alpha value is -2.35. The zero-order valence-corrected chi connectivity index (χ0v) is 17.9. The summed E-state index contributed by atoms with van der Waals surface area (Å²) in [6.07, 6.45) is 7.06. The minimum absolute atomic E-state index is 0.193. The molecule has 0 bridgehead atoms. The van der Waals surface area contributed by atoms with Gasteiger partial charge < -0.3 is 15.8 Å². The number of piperidine rings is 1. The molecule has 0 saturated carbocycles. The number of benzene rings is 1. The van der Waals surface area contributed by atoms with E-state index in [-0.39, 0.29) is 15.9 Å². The van der Waals surface area contributed by atoms with Crippen LogP contribution in [0.5, 0.6) is 5.75 Å². The highest BCUT2D eigenvalue weighted by atomic mass is 35.5. The molecule has 0 amide bonds. The molecule has 3 heterocycles. The Bertz CT molecular complexity index is 1030. The van der Waals surface area contributed by atoms with Gasteiger partial charge in [0.1, 0.15) is 11.9 Å². The van der Waals surface area contributed by atoms with Crippen molar-refractivity contribution < 1.29 is 9.13 Å². The molecule has 2 aromatic heterocycles. The van der Waals surface area contributed by atoms with Gasteiger partial charge >= 0.3 is 0 Å². The molecule has 3 aromatic rings. The number of nitrogens with one attached hydrogen (secondary N) is 1. The van der Waals surface area contributed by atoms with E-state index >= 15 is 0 Å². The largest absolute Gasteiger partial charge is 0.482 e. The molecular weight excluding hydrogens is 428 g/mol. The molecule has 30 heavy (non-hydrogen) atoms. The van der Waals surface area contributed by atoms with Crippen LogP contribution >= 0.6 is 23.2 Å². The highest BCUT2D eigenvalue weighted by molar-refractivity contribution is 6.36. The minimum atomic E-state index is -0.553. The van der Waals surface area contributed by atoms with E-state index in [0.717, 1.165) is 37.1 Å². The Labute approximate surface area is 184 Å². The SMILES string of the molecule is CC(Oc1cc(-c2cnn(C3CCNCC3)c2)cnc1N)c1c(Cl)cc(F)cc1Cl. The van der Waals surface area contributed by atoms with Gasteiger partial charge in [-0.2, -0.15) is 5.10 Å². The highest BCUT2D eigenvalue weighted by Crippen LogP contribution is 2.36. The monoisotopic (exact) mass is 449 g/mol. The van der Waals surface area contributed by atoms with E-state index in [0.29, 0.717) is 17.4 Å². The lowest BCUT2D eigenvalue weighted by atomic mass is 10.1. The van der Waals surface area contributed by atoms with Crippen LogP contribution in [0.15, 0.2) is 36.8 Å². The van der Waals surface area contributed by atoms with Crippen molar-refractivity contribution in [3.8, 4) is 16.9 Å². The Morgan fingerprint density at radius 2 is 1.87 bits per heavy atom. The van der Waals surface area contributed by atoms with E-state index in [2.05, 4.69) is 15.4 Å². The van der Waals surface area contributed by atoms with Gasteiger partial charge in [-0.05, 0) is 51.1 Å². The van der Waals surface area contributed by atoms with E-state index in [1.54, 1.807) is 13.1 Å². The fourth-order valence-corrected chi connectivity index (χ4v) is 4.42. The number of ether oxygens (including phenoxy) is 1. The molecule has 1 unspecified atom stereocenters. The average molecular weight is 450 g/mol. The summed E-state index contributed by atoms with van der Waals surface area (Å²) in [5.74, 6) is 0.131. The van der Waals surface area contributed by atoms with Gasteiger partial charge in [0.05, 0.1) is 22.3 Å². The van der Waals surface area contributed by atoms with Gasteiger partial charge in [-0.25, -0.2) is 9.37 Å². The Morgan fingerprint density at radius 1 is 1.17 bits per heavy atom. The third-order valence-corrected chi connectivity index (χ3v) is 5.88. The van der Waals surface area contributed by atoms with Crippen molar-refractivity contribution in [2.45, 2.75) is 31.9 Å². The quantitative estimate of drug-likeness (QED) is 0.570. The number of nitrogens with two attached hydrogens (primary N) is 1. The molecule has 1 fully saturated rings. The standard InChI is InChI=1S/C21H22Cl2FN5O/c1-12(20-17(22)7-15(24)8-18(20)23)30-19-6-13(9-27-21(19)25)14-10-28-29(11-14)16-2-4-26-5-3-16/h6-12,16,26H,2-5H2,1H3,(H2,25,27). The van der Waals surface area contributed by atoms with Crippen molar-refractivity contribution in [1.29, 1.82) is 0 Å². The van der Waals surface area contributed by atoms with Gasteiger partial charge in [-0.1, -0.05) is 23.2 Å². The predicted octanol–water partition coefficient (Wildman–Crippen LogP) is 5.04. The number of hydrogen-bond acceptors (Lipinski definition) is 5. The zero-order valence-electron chi connectivity index (χ0n) is 16.4. The molecule has 6 nitrogen and oxygen atoms in total. The molecule has 4 rings (SSSR count). The number of pyridine rings is 1. The molecule has 1 atom stereocenters. The van der Waals surface area contributed by atoms with Crippen LogP contribution in [0.1, 0.15) is 37.5 Å². The summed E-state index contributed by atoms with van der Waals surface area (Å²) in [7, 11) is 0. The number of aromatic nitrogens is 3. The first-order valence-corrected chi connectivity index (χ1v) is 10.5. The molecule has 1 aliphatic heterocycles. The van der Waals surface area contributed by atoms with Crippen LogP contribution in [-0.4, -0.2) is 27.9 Å². The van der Waals surface area contributed by atoms with Gasteiger partial charge in [0, 0.05) is 29.1 Å². The number of nitrogen functional groups attached to an aromatic ring is 1. The molecule has 0 spiro atoms. The molecule has 1 saturated heterocycles. The number of nitrogens with zero attached hydrogens (tertiary/aromatic N) is 3. The fourth-order valence-electron chi connectivity index (χ4n) is 3.66. The lowest BCUT2D eigenvalue weighted by Crippen LogP contribution is -2.29. The normalized spacial score (nSPS) is 15.9. The maximum Gasteiger partial charge on any atom is 0.166 e. The van der Waals surface area contributed by atoms with Crippen molar-refractivity contribution in [2.75, 3.05) is 18.8 Å². The van der Waals surface area contributed by atoms with E-state index in [4.69, 9.17) is 33.7 Å². The van der Waals surface area contributed by atoms with E-state index < -0.39 is 11.9 Å². The average Bonchev–Trinajstić information content (AvgIpc) is 3.20. The molecular formula is C21H22Cl2FN5O. The molecule has 0 radical (unpaired) electrons. The maximum absolute atomic E-state index is 13.5. The summed E-state index contributed by atoms with van der Waals surface area (Å²) in [6.45, 7) is 3.76. The summed E-state index contributed by atoms with van der Waals surface area (Å²) < 4.78 is 21.5. The molecule has 3 N–H and O–H groups in total. The van der Waals surface area contributed by atoms with Gasteiger partial charge in [0.2, 0.25) is 0 Å². The molecule has 1 aromatic carbocycles. The van der Waals surface area contributed by atoms with E-state index in [1.807, 2.05) is 23.1 Å².